The van der Waals surface area contributed by atoms with Crippen molar-refractivity contribution in [2.75, 3.05) is 24.5 Å². The highest BCUT2D eigenvalue weighted by atomic mass is 16.3. The molecular weight excluding hydrogens is 284 g/mol. The summed E-state index contributed by atoms with van der Waals surface area (Å²) >= 11 is 0. The first-order chi connectivity index (χ1) is 10.7. The van der Waals surface area contributed by atoms with Crippen LogP contribution in [0.25, 0.3) is 0 Å². The van der Waals surface area contributed by atoms with Crippen molar-refractivity contribution in [1.82, 2.24) is 14.9 Å². The van der Waals surface area contributed by atoms with Gasteiger partial charge in [0.05, 0.1) is 30.3 Å². The minimum Gasteiger partial charge on any atom is -0.459 e. The van der Waals surface area contributed by atoms with Gasteiger partial charge < -0.3 is 14.2 Å². The van der Waals surface area contributed by atoms with Gasteiger partial charge in [-0.2, -0.15) is 0 Å². The Morgan fingerprint density at radius 2 is 2.05 bits per heavy atom. The van der Waals surface area contributed by atoms with Crippen molar-refractivity contribution in [2.24, 2.45) is 11.8 Å². The Morgan fingerprint density at radius 3 is 2.73 bits per heavy atom. The fraction of sp³-hybridized carbons (Fsp3) is 0.333. The molecule has 0 saturated carbocycles. The number of carbonyl (C=O) groups excluding carboxylic acids is 2. The average molecular weight is 298 g/mol. The van der Waals surface area contributed by atoms with Gasteiger partial charge in [-0.3, -0.25) is 9.59 Å². The lowest BCUT2D eigenvalue weighted by Crippen LogP contribution is -2.35. The number of furan rings is 1. The third kappa shape index (κ3) is 1.97. The van der Waals surface area contributed by atoms with Crippen molar-refractivity contribution in [1.29, 1.82) is 0 Å². The molecule has 22 heavy (non-hydrogen) atoms. The topological polar surface area (TPSA) is 79.5 Å². The molecule has 0 unspecified atom stereocenters. The van der Waals surface area contributed by atoms with Crippen LogP contribution in [0.4, 0.5) is 5.69 Å². The fourth-order valence-electron chi connectivity index (χ4n) is 3.25. The van der Waals surface area contributed by atoms with Crippen LogP contribution < -0.4 is 4.90 Å². The lowest BCUT2D eigenvalue weighted by Gasteiger charge is -2.20. The molecule has 112 valence electrons. The minimum atomic E-state index is -0.154. The van der Waals surface area contributed by atoms with Crippen LogP contribution in [0.2, 0.25) is 0 Å². The van der Waals surface area contributed by atoms with Gasteiger partial charge >= 0.3 is 0 Å². The molecule has 0 spiro atoms. The summed E-state index contributed by atoms with van der Waals surface area (Å²) in [5, 5.41) is 0. The lowest BCUT2D eigenvalue weighted by molar-refractivity contribution is -0.120. The highest BCUT2D eigenvalue weighted by Crippen LogP contribution is 2.35. The maximum Gasteiger partial charge on any atom is 0.289 e. The maximum absolute atomic E-state index is 12.6. The minimum absolute atomic E-state index is 0.0366. The van der Waals surface area contributed by atoms with E-state index in [1.807, 2.05) is 0 Å². The summed E-state index contributed by atoms with van der Waals surface area (Å²) in [5.74, 6) is 0.197. The summed E-state index contributed by atoms with van der Waals surface area (Å²) in [4.78, 5) is 36.2. The largest absolute Gasteiger partial charge is 0.459 e. The monoisotopic (exact) mass is 298 g/mol. The van der Waals surface area contributed by atoms with E-state index in [1.54, 1.807) is 34.3 Å². The van der Waals surface area contributed by atoms with Gasteiger partial charge in [0.1, 0.15) is 6.33 Å². The third-order valence-electron chi connectivity index (χ3n) is 4.32. The summed E-state index contributed by atoms with van der Waals surface area (Å²) in [6.45, 7) is 1.60. The van der Waals surface area contributed by atoms with Crippen LogP contribution in [0.1, 0.15) is 10.6 Å². The third-order valence-corrected chi connectivity index (χ3v) is 4.32. The van der Waals surface area contributed by atoms with Crippen LogP contribution >= 0.6 is 0 Å². The van der Waals surface area contributed by atoms with Gasteiger partial charge in [-0.1, -0.05) is 0 Å². The van der Waals surface area contributed by atoms with Crippen LogP contribution in [0.5, 0.6) is 0 Å². The molecule has 2 amide bonds. The number of fused-ring (bicyclic) bond motifs is 1. The predicted molar refractivity (Wildman–Crippen MR) is 76.0 cm³/mol. The van der Waals surface area contributed by atoms with E-state index >= 15 is 0 Å². The number of likely N-dealkylation sites (tertiary alicyclic amines) is 1. The number of hydrogen-bond acceptors (Lipinski definition) is 5. The molecule has 2 saturated heterocycles. The van der Waals surface area contributed by atoms with Crippen molar-refractivity contribution in [3.8, 4) is 0 Å². The Balaban J connectivity index is 1.50. The predicted octanol–water partition coefficient (Wildman–Crippen LogP) is 0.805. The first-order valence-corrected chi connectivity index (χ1v) is 7.13. The standard InChI is InChI=1S/C15H14N4O3/c20-14-12-8-18(15(21)13-2-1-3-22-13)6-10(12)7-19(14)11-4-16-9-17-5-11/h1-5,9-10,12H,6-8H2/t10-,12-/m1/s1. The van der Waals surface area contributed by atoms with E-state index in [1.165, 1.54) is 12.6 Å². The van der Waals surface area contributed by atoms with E-state index < -0.39 is 0 Å². The second-order valence-electron chi connectivity index (χ2n) is 5.60. The van der Waals surface area contributed by atoms with Crippen LogP contribution in [0.15, 0.2) is 41.5 Å². The molecule has 7 nitrogen and oxygen atoms in total. The van der Waals surface area contributed by atoms with Crippen LogP contribution in [-0.4, -0.2) is 46.3 Å². The number of hydrogen-bond donors (Lipinski definition) is 0. The fourth-order valence-corrected chi connectivity index (χ4v) is 3.25. The zero-order valence-corrected chi connectivity index (χ0v) is 11.8. The summed E-state index contributed by atoms with van der Waals surface area (Å²) in [5.41, 5.74) is 0.714. The Morgan fingerprint density at radius 1 is 1.23 bits per heavy atom. The van der Waals surface area contributed by atoms with Gasteiger partial charge in [-0.05, 0) is 12.1 Å². The number of carbonyl (C=O) groups is 2. The molecule has 0 radical (unpaired) electrons. The van der Waals surface area contributed by atoms with Crippen molar-refractivity contribution in [2.45, 2.75) is 0 Å². The number of anilines is 1. The number of amides is 2. The molecule has 2 aliphatic rings. The Bertz CT molecular complexity index is 701. The zero-order chi connectivity index (χ0) is 15.1. The molecule has 0 aromatic carbocycles. The Kier molecular flexibility index (Phi) is 2.92. The molecule has 2 aliphatic heterocycles. The lowest BCUT2D eigenvalue weighted by atomic mass is 10.0. The van der Waals surface area contributed by atoms with Gasteiger partial charge in [0.15, 0.2) is 5.76 Å². The quantitative estimate of drug-likeness (QED) is 0.819. The van der Waals surface area contributed by atoms with Crippen LogP contribution in [0.3, 0.4) is 0 Å². The van der Waals surface area contributed by atoms with Crippen molar-refractivity contribution < 1.29 is 14.0 Å². The molecule has 2 aromatic heterocycles. The smallest absolute Gasteiger partial charge is 0.289 e. The van der Waals surface area contributed by atoms with E-state index in [0.29, 0.717) is 31.1 Å². The number of nitrogens with zero attached hydrogens (tertiary/aromatic N) is 4. The molecule has 0 aliphatic carbocycles. The summed E-state index contributed by atoms with van der Waals surface area (Å²) in [6, 6.07) is 3.33. The van der Waals surface area contributed by atoms with Gasteiger partial charge in [0.25, 0.3) is 5.91 Å². The maximum atomic E-state index is 12.6. The molecule has 4 rings (SSSR count). The summed E-state index contributed by atoms with van der Waals surface area (Å²) in [6.07, 6.45) is 6.19. The van der Waals surface area contributed by atoms with E-state index in [9.17, 15) is 9.59 Å². The molecule has 0 N–H and O–H groups in total. The van der Waals surface area contributed by atoms with Crippen LogP contribution in [-0.2, 0) is 4.79 Å². The normalized spacial score (nSPS) is 23.9. The average Bonchev–Trinajstić information content (AvgIpc) is 3.25. The summed E-state index contributed by atoms with van der Waals surface area (Å²) < 4.78 is 5.14. The second kappa shape index (κ2) is 4.94. The van der Waals surface area contributed by atoms with Gasteiger partial charge in [0, 0.05) is 25.6 Å². The van der Waals surface area contributed by atoms with E-state index in [-0.39, 0.29) is 23.7 Å². The van der Waals surface area contributed by atoms with Gasteiger partial charge in [-0.25, -0.2) is 9.97 Å². The first kappa shape index (κ1) is 13.0. The molecule has 2 atom stereocenters. The molecule has 7 heteroatoms. The first-order valence-electron chi connectivity index (χ1n) is 7.13. The highest BCUT2D eigenvalue weighted by Gasteiger charge is 2.48. The van der Waals surface area contributed by atoms with Crippen LogP contribution in [0, 0.1) is 11.8 Å². The molecule has 0 bridgehead atoms. The van der Waals surface area contributed by atoms with Crippen molar-refractivity contribution in [3.63, 3.8) is 0 Å². The van der Waals surface area contributed by atoms with E-state index in [0.717, 1.165) is 0 Å². The highest BCUT2D eigenvalue weighted by molar-refractivity contribution is 5.99. The molecule has 4 heterocycles. The van der Waals surface area contributed by atoms with Crippen molar-refractivity contribution in [3.05, 3.63) is 42.9 Å². The molecule has 2 fully saturated rings. The number of aromatic nitrogens is 2. The molecular formula is C15H14N4O3. The SMILES string of the molecule is O=C(c1ccco1)N1C[C@@H]2CN(c3cncnc3)C(=O)[C@@H]2C1. The Labute approximate surface area is 126 Å². The second-order valence-corrected chi connectivity index (χ2v) is 5.60. The summed E-state index contributed by atoms with van der Waals surface area (Å²) in [7, 11) is 0. The van der Waals surface area contributed by atoms with Crippen molar-refractivity contribution >= 4 is 17.5 Å². The van der Waals surface area contributed by atoms with Gasteiger partial charge in [-0.15, -0.1) is 0 Å². The zero-order valence-electron chi connectivity index (χ0n) is 11.8. The van der Waals surface area contributed by atoms with Gasteiger partial charge in [0.2, 0.25) is 5.91 Å². The van der Waals surface area contributed by atoms with E-state index in [4.69, 9.17) is 4.42 Å². The van der Waals surface area contributed by atoms with E-state index in [2.05, 4.69) is 9.97 Å². The number of rotatable bonds is 2. The Hall–Kier alpha value is -2.70. The molecule has 2 aromatic rings.